The summed E-state index contributed by atoms with van der Waals surface area (Å²) in [5.74, 6) is 0. The van der Waals surface area contributed by atoms with E-state index in [9.17, 15) is 0 Å². The van der Waals surface area contributed by atoms with E-state index >= 15 is 0 Å². The van der Waals surface area contributed by atoms with Crippen molar-refractivity contribution < 1.29 is 0 Å². The van der Waals surface area contributed by atoms with Crippen LogP contribution in [0.5, 0.6) is 0 Å². The molecule has 2 aromatic rings. The average Bonchev–Trinajstić information content (AvgIpc) is 2.82. The highest BCUT2D eigenvalue weighted by Gasteiger charge is 2.26. The molecule has 1 aromatic carbocycles. The lowest BCUT2D eigenvalue weighted by atomic mass is 10.0. The number of rotatable bonds is 2. The Morgan fingerprint density at radius 2 is 2.21 bits per heavy atom. The Kier molecular flexibility index (Phi) is 4.13. The Bertz CT molecular complexity index is 599. The highest BCUT2D eigenvalue weighted by Crippen LogP contribution is 2.45. The lowest BCUT2D eigenvalue weighted by Crippen LogP contribution is -2.19. The van der Waals surface area contributed by atoms with E-state index in [1.807, 2.05) is 41.3 Å². The summed E-state index contributed by atoms with van der Waals surface area (Å²) in [6, 6.07) is 8.50. The van der Waals surface area contributed by atoms with Crippen molar-refractivity contribution in [2.45, 2.75) is 28.8 Å². The molecule has 2 atom stereocenters. The third-order valence-electron chi connectivity index (χ3n) is 3.17. The minimum absolute atomic E-state index is 0.351. The predicted molar refractivity (Wildman–Crippen MR) is 89.8 cm³/mol. The lowest BCUT2D eigenvalue weighted by molar-refractivity contribution is 0.670. The van der Waals surface area contributed by atoms with Crippen molar-refractivity contribution in [1.82, 2.24) is 0 Å². The zero-order valence-electron chi connectivity index (χ0n) is 10.3. The number of thiophene rings is 1. The summed E-state index contributed by atoms with van der Waals surface area (Å²) < 4.78 is 2.48. The SMILES string of the molecule is C[C@H]1CC(Nc2cc(Br)ccc2Cl)c2ccsc2S1. The van der Waals surface area contributed by atoms with E-state index in [0.717, 1.165) is 21.6 Å². The quantitative estimate of drug-likeness (QED) is 0.671. The second-order valence-electron chi connectivity index (χ2n) is 4.65. The topological polar surface area (TPSA) is 12.0 Å². The normalized spacial score (nSPS) is 22.1. The summed E-state index contributed by atoms with van der Waals surface area (Å²) in [6.45, 7) is 2.28. The molecule has 0 fully saturated rings. The van der Waals surface area contributed by atoms with Crippen LogP contribution in [0.15, 0.2) is 38.3 Å². The lowest BCUT2D eigenvalue weighted by Gasteiger charge is -2.28. The van der Waals surface area contributed by atoms with Gasteiger partial charge in [-0.05, 0) is 41.6 Å². The van der Waals surface area contributed by atoms with Crippen LogP contribution in [0, 0.1) is 0 Å². The van der Waals surface area contributed by atoms with E-state index in [4.69, 9.17) is 11.6 Å². The zero-order chi connectivity index (χ0) is 13.4. The Morgan fingerprint density at radius 1 is 1.37 bits per heavy atom. The van der Waals surface area contributed by atoms with Crippen LogP contribution in [0.2, 0.25) is 5.02 Å². The molecule has 1 N–H and O–H groups in total. The van der Waals surface area contributed by atoms with Crippen LogP contribution in [0.25, 0.3) is 0 Å². The molecule has 0 aliphatic carbocycles. The third kappa shape index (κ3) is 2.97. The number of hydrogen-bond donors (Lipinski definition) is 1. The van der Waals surface area contributed by atoms with Gasteiger partial charge in [-0.2, -0.15) is 0 Å². The number of benzene rings is 1. The largest absolute Gasteiger partial charge is 0.377 e. The highest BCUT2D eigenvalue weighted by atomic mass is 79.9. The molecule has 5 heteroatoms. The van der Waals surface area contributed by atoms with E-state index in [0.29, 0.717) is 11.3 Å². The van der Waals surface area contributed by atoms with Crippen LogP contribution in [0.3, 0.4) is 0 Å². The van der Waals surface area contributed by atoms with E-state index < -0.39 is 0 Å². The fourth-order valence-electron chi connectivity index (χ4n) is 2.28. The summed E-state index contributed by atoms with van der Waals surface area (Å²) in [4.78, 5) is 0. The Morgan fingerprint density at radius 3 is 3.05 bits per heavy atom. The first-order valence-electron chi connectivity index (χ1n) is 6.09. The third-order valence-corrected chi connectivity index (χ3v) is 6.33. The van der Waals surface area contributed by atoms with Gasteiger partial charge in [0.2, 0.25) is 0 Å². The molecule has 0 amide bonds. The summed E-state index contributed by atoms with van der Waals surface area (Å²) >= 11 is 13.6. The van der Waals surface area contributed by atoms with E-state index in [1.54, 1.807) is 0 Å². The van der Waals surface area contributed by atoms with Crippen molar-refractivity contribution in [1.29, 1.82) is 0 Å². The van der Waals surface area contributed by atoms with Gasteiger partial charge in [0.15, 0.2) is 0 Å². The standard InChI is InChI=1S/C14H13BrClNS2/c1-8-6-12(10-4-5-18-14(10)19-8)17-13-7-9(15)2-3-11(13)16/h2-5,7-8,12,17H,6H2,1H3/t8-,12?/m0/s1. The summed E-state index contributed by atoms with van der Waals surface area (Å²) in [5.41, 5.74) is 2.40. The molecule has 0 radical (unpaired) electrons. The molecule has 1 aliphatic heterocycles. The molecule has 1 aromatic heterocycles. The molecule has 19 heavy (non-hydrogen) atoms. The van der Waals surface area contributed by atoms with Crippen molar-refractivity contribution in [3.8, 4) is 0 Å². The van der Waals surface area contributed by atoms with Crippen LogP contribution in [-0.2, 0) is 0 Å². The van der Waals surface area contributed by atoms with Gasteiger partial charge in [0, 0.05) is 9.72 Å². The minimum Gasteiger partial charge on any atom is -0.377 e. The molecule has 2 heterocycles. The van der Waals surface area contributed by atoms with Crippen LogP contribution in [-0.4, -0.2) is 5.25 Å². The van der Waals surface area contributed by atoms with Crippen molar-refractivity contribution in [2.75, 3.05) is 5.32 Å². The van der Waals surface area contributed by atoms with Crippen LogP contribution >= 0.6 is 50.6 Å². The first kappa shape index (κ1) is 13.8. The van der Waals surface area contributed by atoms with Crippen LogP contribution in [0.4, 0.5) is 5.69 Å². The van der Waals surface area contributed by atoms with Crippen molar-refractivity contribution in [3.05, 3.63) is 44.7 Å². The maximum atomic E-state index is 6.27. The number of anilines is 1. The maximum absolute atomic E-state index is 6.27. The number of halogens is 2. The number of hydrogen-bond acceptors (Lipinski definition) is 3. The fourth-order valence-corrected chi connectivity index (χ4v) is 5.38. The minimum atomic E-state index is 0.351. The Labute approximate surface area is 134 Å². The molecule has 0 bridgehead atoms. The van der Waals surface area contributed by atoms with Gasteiger partial charge in [-0.15, -0.1) is 23.1 Å². The van der Waals surface area contributed by atoms with Gasteiger partial charge in [0.1, 0.15) is 0 Å². The average molecular weight is 375 g/mol. The second-order valence-corrected chi connectivity index (χ2v) is 8.59. The molecular formula is C14H13BrClNS2. The maximum Gasteiger partial charge on any atom is 0.0653 e. The molecule has 100 valence electrons. The van der Waals surface area contributed by atoms with Crippen molar-refractivity contribution in [3.63, 3.8) is 0 Å². The molecular weight excluding hydrogens is 362 g/mol. The predicted octanol–water partition coefficient (Wildman–Crippen LogP) is 6.20. The van der Waals surface area contributed by atoms with E-state index in [-0.39, 0.29) is 0 Å². The van der Waals surface area contributed by atoms with Crippen LogP contribution in [0.1, 0.15) is 24.9 Å². The Hall–Kier alpha value is -0.160. The van der Waals surface area contributed by atoms with Crippen molar-refractivity contribution >= 4 is 56.3 Å². The van der Waals surface area contributed by atoms with E-state index in [2.05, 4.69) is 39.6 Å². The van der Waals surface area contributed by atoms with Gasteiger partial charge in [0.25, 0.3) is 0 Å². The second kappa shape index (κ2) is 5.68. The van der Waals surface area contributed by atoms with Gasteiger partial charge in [-0.25, -0.2) is 0 Å². The Balaban J connectivity index is 1.90. The molecule has 0 saturated carbocycles. The zero-order valence-corrected chi connectivity index (χ0v) is 14.3. The summed E-state index contributed by atoms with van der Waals surface area (Å²) in [5, 5.41) is 7.17. The van der Waals surface area contributed by atoms with Crippen LogP contribution < -0.4 is 5.32 Å². The number of fused-ring (bicyclic) bond motifs is 1. The molecule has 0 spiro atoms. The fraction of sp³-hybridized carbons (Fsp3) is 0.286. The van der Waals surface area contributed by atoms with Gasteiger partial charge in [0.05, 0.1) is 21.0 Å². The number of nitrogens with one attached hydrogen (secondary N) is 1. The van der Waals surface area contributed by atoms with E-state index in [1.165, 1.54) is 9.77 Å². The smallest absolute Gasteiger partial charge is 0.0653 e. The van der Waals surface area contributed by atoms with Gasteiger partial charge in [-0.3, -0.25) is 0 Å². The van der Waals surface area contributed by atoms with Gasteiger partial charge in [-0.1, -0.05) is 34.5 Å². The molecule has 0 saturated heterocycles. The monoisotopic (exact) mass is 373 g/mol. The molecule has 1 aliphatic rings. The number of thioether (sulfide) groups is 1. The summed E-state index contributed by atoms with van der Waals surface area (Å²) in [7, 11) is 0. The van der Waals surface area contributed by atoms with Gasteiger partial charge >= 0.3 is 0 Å². The summed E-state index contributed by atoms with van der Waals surface area (Å²) in [6.07, 6.45) is 1.12. The first-order valence-corrected chi connectivity index (χ1v) is 9.02. The van der Waals surface area contributed by atoms with Gasteiger partial charge < -0.3 is 5.32 Å². The van der Waals surface area contributed by atoms with Crippen molar-refractivity contribution in [2.24, 2.45) is 0 Å². The molecule has 1 nitrogen and oxygen atoms in total. The first-order chi connectivity index (χ1) is 9.13. The molecule has 1 unspecified atom stereocenters. The highest BCUT2D eigenvalue weighted by molar-refractivity contribution is 9.10. The molecule has 3 rings (SSSR count).